The molecule has 0 aliphatic rings. The van der Waals surface area contributed by atoms with Gasteiger partial charge < -0.3 is 4.74 Å². The zero-order valence-corrected chi connectivity index (χ0v) is 11.0. The summed E-state index contributed by atoms with van der Waals surface area (Å²) in [5.41, 5.74) is 0. The van der Waals surface area contributed by atoms with Gasteiger partial charge in [0.15, 0.2) is 0 Å². The fourth-order valence-corrected chi connectivity index (χ4v) is 1.70. The molecule has 106 valence electrons. The van der Waals surface area contributed by atoms with Crippen molar-refractivity contribution in [2.45, 2.75) is 0 Å². The summed E-state index contributed by atoms with van der Waals surface area (Å²) in [5, 5.41) is 3.80. The Bertz CT molecular complexity index is 761. The quantitative estimate of drug-likeness (QED) is 0.744. The van der Waals surface area contributed by atoms with Gasteiger partial charge in [-0.05, 0) is 17.7 Å². The van der Waals surface area contributed by atoms with E-state index < -0.39 is 11.6 Å². The minimum atomic E-state index is -0.780. The zero-order chi connectivity index (χ0) is 14.8. The van der Waals surface area contributed by atoms with Gasteiger partial charge in [0, 0.05) is 30.6 Å². The molecule has 0 radical (unpaired) electrons. The molecule has 0 saturated heterocycles. The van der Waals surface area contributed by atoms with E-state index in [0.29, 0.717) is 0 Å². The second-order valence-corrected chi connectivity index (χ2v) is 4.18. The summed E-state index contributed by atoms with van der Waals surface area (Å²) >= 11 is 5.76. The Morgan fingerprint density at radius 2 is 1.81 bits per heavy atom. The lowest BCUT2D eigenvalue weighted by atomic mass is 10.3. The highest BCUT2D eigenvalue weighted by Gasteiger charge is 2.10. The fourth-order valence-electron chi connectivity index (χ4n) is 1.55. The van der Waals surface area contributed by atoms with Gasteiger partial charge in [0.2, 0.25) is 5.28 Å². The first-order valence-electron chi connectivity index (χ1n) is 5.66. The largest absolute Gasteiger partial charge is 0.424 e. The van der Waals surface area contributed by atoms with Crippen LogP contribution in [0.4, 0.5) is 8.78 Å². The number of rotatable bonds is 3. The van der Waals surface area contributed by atoms with Crippen molar-refractivity contribution in [1.82, 2.24) is 24.7 Å². The van der Waals surface area contributed by atoms with Gasteiger partial charge in [0.25, 0.3) is 5.95 Å². The van der Waals surface area contributed by atoms with Crippen LogP contribution in [0.3, 0.4) is 0 Å². The topological polar surface area (TPSA) is 65.7 Å². The van der Waals surface area contributed by atoms with Gasteiger partial charge in [-0.1, -0.05) is 0 Å². The Morgan fingerprint density at radius 3 is 2.48 bits per heavy atom. The van der Waals surface area contributed by atoms with E-state index in [1.165, 1.54) is 10.9 Å². The molecule has 2 aromatic heterocycles. The lowest BCUT2D eigenvalue weighted by Gasteiger charge is -2.06. The zero-order valence-electron chi connectivity index (χ0n) is 10.2. The normalized spacial score (nSPS) is 10.6. The molecule has 2 heterocycles. The van der Waals surface area contributed by atoms with Crippen molar-refractivity contribution in [2.24, 2.45) is 0 Å². The molecule has 0 aliphatic carbocycles. The molecule has 0 saturated carbocycles. The molecular weight excluding hydrogens is 304 g/mol. The standard InChI is InChI=1S/C12H6ClF2N5O/c13-10-17-11(20-3-1-2-16-20)19-12(18-10)21-9-5-7(14)4-8(15)6-9/h1-6H. The van der Waals surface area contributed by atoms with E-state index in [9.17, 15) is 8.78 Å². The molecule has 21 heavy (non-hydrogen) atoms. The van der Waals surface area contributed by atoms with Crippen molar-refractivity contribution < 1.29 is 13.5 Å². The van der Waals surface area contributed by atoms with E-state index in [1.54, 1.807) is 12.3 Å². The van der Waals surface area contributed by atoms with E-state index in [2.05, 4.69) is 20.1 Å². The van der Waals surface area contributed by atoms with Gasteiger partial charge in [-0.15, -0.1) is 0 Å². The minimum Gasteiger partial charge on any atom is -0.424 e. The number of nitrogens with zero attached hydrogens (tertiary/aromatic N) is 5. The van der Waals surface area contributed by atoms with Gasteiger partial charge >= 0.3 is 6.01 Å². The van der Waals surface area contributed by atoms with Crippen molar-refractivity contribution >= 4 is 11.6 Å². The van der Waals surface area contributed by atoms with Crippen LogP contribution in [0.25, 0.3) is 5.95 Å². The third-order valence-electron chi connectivity index (χ3n) is 2.33. The molecule has 1 aromatic carbocycles. The van der Waals surface area contributed by atoms with Gasteiger partial charge in [-0.2, -0.15) is 20.1 Å². The number of hydrogen-bond donors (Lipinski definition) is 0. The van der Waals surface area contributed by atoms with Crippen molar-refractivity contribution in [1.29, 1.82) is 0 Å². The average Bonchev–Trinajstić information content (AvgIpc) is 2.90. The molecule has 6 nitrogen and oxygen atoms in total. The second-order valence-electron chi connectivity index (χ2n) is 3.84. The Hall–Kier alpha value is -2.61. The van der Waals surface area contributed by atoms with Crippen LogP contribution in [-0.2, 0) is 0 Å². The second kappa shape index (κ2) is 5.41. The summed E-state index contributed by atoms with van der Waals surface area (Å²) in [7, 11) is 0. The van der Waals surface area contributed by atoms with E-state index >= 15 is 0 Å². The summed E-state index contributed by atoms with van der Waals surface area (Å²) in [5.74, 6) is -1.54. The van der Waals surface area contributed by atoms with Crippen molar-refractivity contribution in [2.75, 3.05) is 0 Å². The van der Waals surface area contributed by atoms with Crippen LogP contribution >= 0.6 is 11.6 Å². The van der Waals surface area contributed by atoms with Crippen LogP contribution in [-0.4, -0.2) is 24.7 Å². The number of ether oxygens (including phenoxy) is 1. The van der Waals surface area contributed by atoms with E-state index in [1.807, 2.05) is 0 Å². The highest BCUT2D eigenvalue weighted by Crippen LogP contribution is 2.21. The number of aromatic nitrogens is 5. The Labute approximate surface area is 122 Å². The average molecular weight is 310 g/mol. The molecule has 0 spiro atoms. The monoisotopic (exact) mass is 309 g/mol. The molecule has 0 atom stereocenters. The van der Waals surface area contributed by atoms with Gasteiger partial charge in [-0.25, -0.2) is 13.5 Å². The van der Waals surface area contributed by atoms with Crippen LogP contribution in [0.2, 0.25) is 5.28 Å². The molecule has 0 unspecified atom stereocenters. The smallest absolute Gasteiger partial charge is 0.328 e. The van der Waals surface area contributed by atoms with E-state index in [-0.39, 0.29) is 23.0 Å². The highest BCUT2D eigenvalue weighted by atomic mass is 35.5. The predicted octanol–water partition coefficient (Wildman–Crippen LogP) is 2.78. The van der Waals surface area contributed by atoms with Crippen molar-refractivity contribution in [3.8, 4) is 17.7 Å². The van der Waals surface area contributed by atoms with Crippen LogP contribution in [0.15, 0.2) is 36.7 Å². The maximum Gasteiger partial charge on any atom is 0.328 e. The molecule has 0 N–H and O–H groups in total. The Balaban J connectivity index is 1.95. The number of halogens is 3. The van der Waals surface area contributed by atoms with Crippen molar-refractivity contribution in [3.63, 3.8) is 0 Å². The molecule has 0 amide bonds. The highest BCUT2D eigenvalue weighted by molar-refractivity contribution is 6.28. The molecule has 3 aromatic rings. The SMILES string of the molecule is Fc1cc(F)cc(Oc2nc(Cl)nc(-n3cccn3)n2)c1. The number of hydrogen-bond acceptors (Lipinski definition) is 5. The van der Waals surface area contributed by atoms with Gasteiger partial charge in [-0.3, -0.25) is 0 Å². The third kappa shape index (κ3) is 3.11. The first kappa shape index (κ1) is 13.4. The molecule has 9 heteroatoms. The first-order chi connectivity index (χ1) is 10.1. The van der Waals surface area contributed by atoms with E-state index in [4.69, 9.17) is 16.3 Å². The maximum absolute atomic E-state index is 13.1. The van der Waals surface area contributed by atoms with Gasteiger partial charge in [0.1, 0.15) is 17.4 Å². The molecule has 3 rings (SSSR count). The van der Waals surface area contributed by atoms with Crippen LogP contribution in [0.1, 0.15) is 0 Å². The molecule has 0 fully saturated rings. The lowest BCUT2D eigenvalue weighted by molar-refractivity contribution is 0.428. The summed E-state index contributed by atoms with van der Waals surface area (Å²) < 4.78 is 32.7. The third-order valence-corrected chi connectivity index (χ3v) is 2.50. The number of benzene rings is 1. The van der Waals surface area contributed by atoms with Crippen molar-refractivity contribution in [3.05, 3.63) is 53.6 Å². The lowest BCUT2D eigenvalue weighted by Crippen LogP contribution is -2.05. The summed E-state index contributed by atoms with van der Waals surface area (Å²) in [6.45, 7) is 0. The van der Waals surface area contributed by atoms with Crippen LogP contribution in [0, 0.1) is 11.6 Å². The summed E-state index contributed by atoms with van der Waals surface area (Å²) in [6.07, 6.45) is 3.12. The van der Waals surface area contributed by atoms with Gasteiger partial charge in [0.05, 0.1) is 0 Å². The summed E-state index contributed by atoms with van der Waals surface area (Å²) in [6, 6.07) is 4.18. The summed E-state index contributed by atoms with van der Waals surface area (Å²) in [4.78, 5) is 11.6. The fraction of sp³-hybridized carbons (Fsp3) is 0. The predicted molar refractivity (Wildman–Crippen MR) is 68.4 cm³/mol. The minimum absolute atomic E-state index is 0.0961. The van der Waals surface area contributed by atoms with Crippen LogP contribution in [0.5, 0.6) is 11.8 Å². The molecule has 0 bridgehead atoms. The Kier molecular flexibility index (Phi) is 3.44. The Morgan fingerprint density at radius 1 is 1.05 bits per heavy atom. The molecule has 0 aliphatic heterocycles. The van der Waals surface area contributed by atoms with Crippen LogP contribution < -0.4 is 4.74 Å². The molecular formula is C12H6ClF2N5O. The maximum atomic E-state index is 13.1. The van der Waals surface area contributed by atoms with E-state index in [0.717, 1.165) is 18.2 Å². The first-order valence-corrected chi connectivity index (χ1v) is 6.03.